The van der Waals surface area contributed by atoms with E-state index in [0.29, 0.717) is 0 Å². The topological polar surface area (TPSA) is 86.3 Å². The van der Waals surface area contributed by atoms with Gasteiger partial charge in [0.2, 0.25) is 0 Å². The van der Waals surface area contributed by atoms with Crippen molar-refractivity contribution >= 4 is 24.0 Å². The van der Waals surface area contributed by atoms with E-state index in [9.17, 15) is 20.2 Å². The molecule has 1 rings (SSSR count). The van der Waals surface area contributed by atoms with Crippen molar-refractivity contribution in [2.24, 2.45) is 0 Å². The number of non-ortho nitro benzene ring substituents is 1. The quantitative estimate of drug-likeness (QED) is 0.408. The molecule has 0 bridgehead atoms. The lowest BCUT2D eigenvalue weighted by atomic mass is 10.3. The molecule has 0 aliphatic carbocycles. The average Bonchev–Trinajstić information content (AvgIpc) is 2.04. The van der Waals surface area contributed by atoms with Gasteiger partial charge in [-0.15, -0.1) is 0 Å². The fourth-order valence-electron chi connectivity index (χ4n) is 0.762. The first-order valence-electron chi connectivity index (χ1n) is 3.12. The van der Waals surface area contributed by atoms with E-state index in [0.717, 1.165) is 12.1 Å². The van der Waals surface area contributed by atoms with E-state index in [1.807, 2.05) is 0 Å². The monoisotopic (exact) mass is 199 g/mol. The Kier molecular flexibility index (Phi) is 2.38. The highest BCUT2D eigenvalue weighted by Gasteiger charge is 2.12. The SMILES string of the molecule is O=[N+]([O-])c1ccc([S-])c([N+](=O)[O-])c1. The van der Waals surface area contributed by atoms with Crippen molar-refractivity contribution in [2.45, 2.75) is 4.90 Å². The Morgan fingerprint density at radius 1 is 1.15 bits per heavy atom. The van der Waals surface area contributed by atoms with Gasteiger partial charge in [0.15, 0.2) is 0 Å². The van der Waals surface area contributed by atoms with Gasteiger partial charge in [0, 0.05) is 6.07 Å². The lowest BCUT2D eigenvalue weighted by Crippen LogP contribution is -1.94. The Hall–Kier alpha value is -1.76. The van der Waals surface area contributed by atoms with Gasteiger partial charge in [0.25, 0.3) is 11.4 Å². The molecule has 1 aromatic carbocycles. The van der Waals surface area contributed by atoms with Gasteiger partial charge in [-0.25, -0.2) is 0 Å². The third kappa shape index (κ3) is 1.88. The second-order valence-electron chi connectivity index (χ2n) is 2.17. The fourth-order valence-corrected chi connectivity index (χ4v) is 0.964. The zero-order chi connectivity index (χ0) is 10.0. The summed E-state index contributed by atoms with van der Waals surface area (Å²) in [5.74, 6) is 0. The molecule has 0 aliphatic rings. The first kappa shape index (κ1) is 9.33. The average molecular weight is 199 g/mol. The first-order valence-corrected chi connectivity index (χ1v) is 3.53. The molecule has 0 amide bonds. The molecular formula is C6H3N2O4S-. The van der Waals surface area contributed by atoms with Gasteiger partial charge in [0.05, 0.1) is 15.9 Å². The van der Waals surface area contributed by atoms with Gasteiger partial charge >= 0.3 is 0 Å². The maximum Gasteiger partial charge on any atom is 0.276 e. The van der Waals surface area contributed by atoms with Gasteiger partial charge < -0.3 is 12.6 Å². The van der Waals surface area contributed by atoms with Crippen LogP contribution in [0, 0.1) is 20.2 Å². The molecule has 0 radical (unpaired) electrons. The fraction of sp³-hybridized carbons (Fsp3) is 0. The van der Waals surface area contributed by atoms with Crippen LogP contribution < -0.4 is 0 Å². The predicted octanol–water partition coefficient (Wildman–Crippen LogP) is 1.41. The van der Waals surface area contributed by atoms with Crippen LogP contribution in [0.4, 0.5) is 11.4 Å². The van der Waals surface area contributed by atoms with Crippen LogP contribution >= 0.6 is 0 Å². The van der Waals surface area contributed by atoms with Gasteiger partial charge in [-0.2, -0.15) is 0 Å². The lowest BCUT2D eigenvalue weighted by molar-refractivity contribution is -0.396. The third-order valence-corrected chi connectivity index (χ3v) is 1.70. The standard InChI is InChI=1S/C6H4N2O4S/c9-7(10)4-1-2-6(13)5(3-4)8(11)12/h1-3,13H/p-1. The molecular weight excluding hydrogens is 196 g/mol. The van der Waals surface area contributed by atoms with E-state index in [1.165, 1.54) is 6.07 Å². The minimum Gasteiger partial charge on any atom is -0.773 e. The van der Waals surface area contributed by atoms with Crippen molar-refractivity contribution in [2.75, 3.05) is 0 Å². The van der Waals surface area contributed by atoms with Crippen molar-refractivity contribution in [1.29, 1.82) is 0 Å². The van der Waals surface area contributed by atoms with E-state index in [-0.39, 0.29) is 10.6 Å². The summed E-state index contributed by atoms with van der Waals surface area (Å²) in [4.78, 5) is 19.1. The zero-order valence-electron chi connectivity index (χ0n) is 6.17. The highest BCUT2D eigenvalue weighted by Crippen LogP contribution is 2.23. The van der Waals surface area contributed by atoms with Gasteiger partial charge in [-0.3, -0.25) is 20.2 Å². The third-order valence-electron chi connectivity index (χ3n) is 1.35. The summed E-state index contributed by atoms with van der Waals surface area (Å²) in [7, 11) is 0. The minimum atomic E-state index is -0.741. The molecule has 0 N–H and O–H groups in total. The van der Waals surface area contributed by atoms with Gasteiger partial charge in [0.1, 0.15) is 0 Å². The number of hydrogen-bond acceptors (Lipinski definition) is 5. The molecule has 6 nitrogen and oxygen atoms in total. The van der Waals surface area contributed by atoms with Crippen LogP contribution in [0.25, 0.3) is 0 Å². The maximum atomic E-state index is 10.3. The summed E-state index contributed by atoms with van der Waals surface area (Å²) >= 11 is 4.61. The molecule has 0 aliphatic heterocycles. The van der Waals surface area contributed by atoms with Crippen LogP contribution in [-0.2, 0) is 12.6 Å². The second-order valence-corrected chi connectivity index (χ2v) is 2.61. The molecule has 0 fully saturated rings. The van der Waals surface area contributed by atoms with Crippen molar-refractivity contribution < 1.29 is 9.85 Å². The highest BCUT2D eigenvalue weighted by atomic mass is 32.1. The summed E-state index contributed by atoms with van der Waals surface area (Å²) < 4.78 is 0. The summed E-state index contributed by atoms with van der Waals surface area (Å²) in [5.41, 5.74) is -0.746. The smallest absolute Gasteiger partial charge is 0.276 e. The molecule has 0 atom stereocenters. The Balaban J connectivity index is 3.27. The maximum absolute atomic E-state index is 10.3. The summed E-state index contributed by atoms with van der Waals surface area (Å²) in [6.07, 6.45) is 0. The predicted molar refractivity (Wildman–Crippen MR) is 45.4 cm³/mol. The molecule has 0 unspecified atom stereocenters. The van der Waals surface area contributed by atoms with Crippen LogP contribution in [0.5, 0.6) is 0 Å². The lowest BCUT2D eigenvalue weighted by Gasteiger charge is -2.04. The van der Waals surface area contributed by atoms with E-state index >= 15 is 0 Å². The van der Waals surface area contributed by atoms with Crippen molar-refractivity contribution in [3.8, 4) is 0 Å². The van der Waals surface area contributed by atoms with Gasteiger partial charge in [-0.05, 0) is 0 Å². The zero-order valence-corrected chi connectivity index (χ0v) is 6.98. The molecule has 1 aromatic rings. The molecule has 0 saturated heterocycles. The van der Waals surface area contributed by atoms with Crippen LogP contribution in [0.15, 0.2) is 23.1 Å². The summed E-state index contributed by atoms with van der Waals surface area (Å²) in [5, 5.41) is 20.5. The molecule has 13 heavy (non-hydrogen) atoms. The number of hydrogen-bond donors (Lipinski definition) is 0. The van der Waals surface area contributed by atoms with Crippen molar-refractivity contribution in [3.05, 3.63) is 38.4 Å². The van der Waals surface area contributed by atoms with Crippen molar-refractivity contribution in [3.63, 3.8) is 0 Å². The van der Waals surface area contributed by atoms with E-state index in [1.54, 1.807) is 0 Å². The molecule has 0 spiro atoms. The molecule has 0 heterocycles. The largest absolute Gasteiger partial charge is 0.773 e. The molecule has 0 saturated carbocycles. The van der Waals surface area contributed by atoms with Crippen LogP contribution in [0.1, 0.15) is 0 Å². The number of nitro groups is 2. The number of rotatable bonds is 2. The first-order chi connectivity index (χ1) is 6.02. The Labute approximate surface area is 77.9 Å². The minimum absolute atomic E-state index is 0.00407. The Morgan fingerprint density at radius 3 is 2.23 bits per heavy atom. The van der Waals surface area contributed by atoms with E-state index < -0.39 is 15.5 Å². The van der Waals surface area contributed by atoms with Crippen LogP contribution in [-0.4, -0.2) is 9.85 Å². The molecule has 0 aromatic heterocycles. The Bertz CT molecular complexity index is 379. The number of benzene rings is 1. The summed E-state index contributed by atoms with van der Waals surface area (Å²) in [6.45, 7) is 0. The normalized spacial score (nSPS) is 9.54. The summed E-state index contributed by atoms with van der Waals surface area (Å²) in [6, 6.07) is 3.16. The van der Waals surface area contributed by atoms with E-state index in [2.05, 4.69) is 12.6 Å². The molecule has 7 heteroatoms. The number of nitrogens with zero attached hydrogens (tertiary/aromatic N) is 2. The molecule has 68 valence electrons. The number of nitro benzene ring substituents is 2. The van der Waals surface area contributed by atoms with Gasteiger partial charge in [-0.1, -0.05) is 11.0 Å². The highest BCUT2D eigenvalue weighted by molar-refractivity contribution is 7.59. The Morgan fingerprint density at radius 2 is 1.77 bits per heavy atom. The van der Waals surface area contributed by atoms with Crippen molar-refractivity contribution in [1.82, 2.24) is 0 Å². The van der Waals surface area contributed by atoms with Crippen LogP contribution in [0.2, 0.25) is 0 Å². The van der Waals surface area contributed by atoms with E-state index in [4.69, 9.17) is 0 Å². The second kappa shape index (κ2) is 3.31. The van der Waals surface area contributed by atoms with Crippen LogP contribution in [0.3, 0.4) is 0 Å².